The number of nitrogens with one attached hydrogen (secondary N) is 1. The van der Waals surface area contributed by atoms with Crippen LogP contribution < -0.4 is 20.5 Å². The van der Waals surface area contributed by atoms with Crippen LogP contribution in [0.25, 0.3) is 0 Å². The van der Waals surface area contributed by atoms with Crippen molar-refractivity contribution in [2.45, 2.75) is 26.7 Å². The van der Waals surface area contributed by atoms with Gasteiger partial charge in [-0.2, -0.15) is 0 Å². The highest BCUT2D eigenvalue weighted by Crippen LogP contribution is 2.28. The van der Waals surface area contributed by atoms with Crippen molar-refractivity contribution in [2.75, 3.05) is 26.3 Å². The number of nitrogens with two attached hydrogens (primary N) is 1. The molecule has 0 bridgehead atoms. The van der Waals surface area contributed by atoms with Crippen molar-refractivity contribution in [1.29, 1.82) is 0 Å². The maximum absolute atomic E-state index is 11.3. The summed E-state index contributed by atoms with van der Waals surface area (Å²) in [6, 6.07) is 5.86. The zero-order chi connectivity index (χ0) is 14.8. The van der Waals surface area contributed by atoms with Gasteiger partial charge in [-0.05, 0) is 38.0 Å². The van der Waals surface area contributed by atoms with E-state index in [9.17, 15) is 4.79 Å². The predicted molar refractivity (Wildman–Crippen MR) is 86.4 cm³/mol. The molecule has 120 valence electrons. The third kappa shape index (κ3) is 7.20. The Balaban J connectivity index is 0.00000400. The van der Waals surface area contributed by atoms with E-state index in [0.29, 0.717) is 32.7 Å². The number of hydrogen-bond donors (Lipinski definition) is 2. The van der Waals surface area contributed by atoms with E-state index in [-0.39, 0.29) is 18.3 Å². The summed E-state index contributed by atoms with van der Waals surface area (Å²) < 4.78 is 11.1. The monoisotopic (exact) mass is 316 g/mol. The molecule has 0 aromatic heterocycles. The molecule has 1 aromatic carbocycles. The molecule has 1 aromatic rings. The molecular weight excluding hydrogens is 292 g/mol. The molecular formula is C15H25ClN2O3. The molecule has 3 N–H and O–H groups in total. The first-order chi connectivity index (χ1) is 9.71. The Hall–Kier alpha value is -1.46. The van der Waals surface area contributed by atoms with E-state index in [1.54, 1.807) is 0 Å². The zero-order valence-corrected chi connectivity index (χ0v) is 13.5. The molecule has 1 amide bonds. The number of amides is 1. The molecule has 6 heteroatoms. The molecule has 0 saturated carbocycles. The molecule has 0 fully saturated rings. The fourth-order valence-corrected chi connectivity index (χ4v) is 1.82. The van der Waals surface area contributed by atoms with Gasteiger partial charge in [0.2, 0.25) is 5.91 Å². The van der Waals surface area contributed by atoms with Gasteiger partial charge in [-0.25, -0.2) is 0 Å². The molecule has 0 heterocycles. The van der Waals surface area contributed by atoms with Gasteiger partial charge in [0.05, 0.1) is 13.2 Å². The summed E-state index contributed by atoms with van der Waals surface area (Å²) in [5.74, 6) is 1.49. The van der Waals surface area contributed by atoms with Gasteiger partial charge in [0, 0.05) is 19.5 Å². The summed E-state index contributed by atoms with van der Waals surface area (Å²) in [6.07, 6.45) is 1.12. The maximum Gasteiger partial charge on any atom is 0.221 e. The van der Waals surface area contributed by atoms with Crippen LogP contribution in [0.3, 0.4) is 0 Å². The van der Waals surface area contributed by atoms with Crippen molar-refractivity contribution >= 4 is 18.3 Å². The molecule has 0 aliphatic carbocycles. The van der Waals surface area contributed by atoms with Crippen LogP contribution in [-0.2, 0) is 11.2 Å². The fourth-order valence-electron chi connectivity index (χ4n) is 1.82. The highest BCUT2D eigenvalue weighted by atomic mass is 35.5. The first kappa shape index (κ1) is 19.5. The minimum absolute atomic E-state index is 0. The second-order valence-corrected chi connectivity index (χ2v) is 4.29. The van der Waals surface area contributed by atoms with Gasteiger partial charge in [0.15, 0.2) is 11.5 Å². The smallest absolute Gasteiger partial charge is 0.221 e. The highest BCUT2D eigenvalue weighted by Gasteiger charge is 2.06. The summed E-state index contributed by atoms with van der Waals surface area (Å²) in [7, 11) is 0. The minimum Gasteiger partial charge on any atom is -0.490 e. The van der Waals surface area contributed by atoms with Gasteiger partial charge in [-0.3, -0.25) is 4.79 Å². The van der Waals surface area contributed by atoms with Crippen LogP contribution in [0.5, 0.6) is 11.5 Å². The third-order valence-corrected chi connectivity index (χ3v) is 2.72. The highest BCUT2D eigenvalue weighted by molar-refractivity contribution is 5.85. The molecule has 0 saturated heterocycles. The predicted octanol–water partition coefficient (Wildman–Crippen LogP) is 1.91. The third-order valence-electron chi connectivity index (χ3n) is 2.72. The van der Waals surface area contributed by atoms with Crippen LogP contribution in [0.2, 0.25) is 0 Å². The Kier molecular flexibility index (Phi) is 10.4. The molecule has 0 atom stereocenters. The normalized spacial score (nSPS) is 9.67. The number of carbonyl (C=O) groups is 1. The van der Waals surface area contributed by atoms with Crippen LogP contribution in [0, 0.1) is 0 Å². The molecule has 21 heavy (non-hydrogen) atoms. The summed E-state index contributed by atoms with van der Waals surface area (Å²) in [6.45, 7) is 6.05. The summed E-state index contributed by atoms with van der Waals surface area (Å²) in [4.78, 5) is 11.3. The molecule has 0 aliphatic rings. The van der Waals surface area contributed by atoms with Gasteiger partial charge in [0.25, 0.3) is 0 Å². The average Bonchev–Trinajstić information content (AvgIpc) is 2.42. The Bertz CT molecular complexity index is 427. The van der Waals surface area contributed by atoms with E-state index in [2.05, 4.69) is 5.32 Å². The molecule has 0 radical (unpaired) electrons. The van der Waals surface area contributed by atoms with Gasteiger partial charge < -0.3 is 20.5 Å². The first-order valence-electron chi connectivity index (χ1n) is 7.06. The molecule has 5 nitrogen and oxygen atoms in total. The fraction of sp³-hybridized carbons (Fsp3) is 0.533. The molecule has 0 aliphatic heterocycles. The van der Waals surface area contributed by atoms with Crippen LogP contribution in [0.1, 0.15) is 25.8 Å². The van der Waals surface area contributed by atoms with E-state index >= 15 is 0 Å². The van der Waals surface area contributed by atoms with Crippen LogP contribution >= 0.6 is 12.4 Å². The van der Waals surface area contributed by atoms with Crippen molar-refractivity contribution < 1.29 is 14.3 Å². The molecule has 0 unspecified atom stereocenters. The summed E-state index contributed by atoms with van der Waals surface area (Å²) in [5.41, 5.74) is 6.42. The number of benzene rings is 1. The average molecular weight is 317 g/mol. The standard InChI is InChI=1S/C15H24N2O3.ClH/c1-3-19-13-6-5-12(11-14(13)20-4-2)8-10-17-15(18)7-9-16;/h5-6,11H,3-4,7-10,16H2,1-2H3,(H,17,18);1H. The van der Waals surface area contributed by atoms with E-state index in [1.165, 1.54) is 0 Å². The lowest BCUT2D eigenvalue weighted by molar-refractivity contribution is -0.120. The second-order valence-electron chi connectivity index (χ2n) is 4.29. The Morgan fingerprint density at radius 2 is 1.86 bits per heavy atom. The van der Waals surface area contributed by atoms with Crippen molar-refractivity contribution in [3.8, 4) is 11.5 Å². The number of ether oxygens (including phenoxy) is 2. The first-order valence-corrected chi connectivity index (χ1v) is 7.06. The number of rotatable bonds is 9. The van der Waals surface area contributed by atoms with Gasteiger partial charge >= 0.3 is 0 Å². The van der Waals surface area contributed by atoms with Crippen molar-refractivity contribution in [1.82, 2.24) is 5.32 Å². The summed E-state index contributed by atoms with van der Waals surface area (Å²) >= 11 is 0. The van der Waals surface area contributed by atoms with Gasteiger partial charge in [-0.15, -0.1) is 12.4 Å². The largest absolute Gasteiger partial charge is 0.490 e. The van der Waals surface area contributed by atoms with Crippen LogP contribution in [0.4, 0.5) is 0 Å². The lowest BCUT2D eigenvalue weighted by Gasteiger charge is -2.12. The van der Waals surface area contributed by atoms with Crippen molar-refractivity contribution in [3.63, 3.8) is 0 Å². The SMILES string of the molecule is CCOc1ccc(CCNC(=O)CCN)cc1OCC.Cl. The minimum atomic E-state index is -0.0107. The van der Waals surface area contributed by atoms with Gasteiger partial charge in [-0.1, -0.05) is 6.07 Å². The number of hydrogen-bond acceptors (Lipinski definition) is 4. The maximum atomic E-state index is 11.3. The van der Waals surface area contributed by atoms with Crippen molar-refractivity contribution in [3.05, 3.63) is 23.8 Å². The Morgan fingerprint density at radius 1 is 1.19 bits per heavy atom. The van der Waals surface area contributed by atoms with E-state index in [0.717, 1.165) is 23.5 Å². The Labute approximate surface area is 132 Å². The molecule has 0 spiro atoms. The van der Waals surface area contributed by atoms with E-state index in [4.69, 9.17) is 15.2 Å². The van der Waals surface area contributed by atoms with E-state index < -0.39 is 0 Å². The topological polar surface area (TPSA) is 73.6 Å². The Morgan fingerprint density at radius 3 is 2.48 bits per heavy atom. The number of carbonyl (C=O) groups excluding carboxylic acids is 1. The molecule has 1 rings (SSSR count). The lowest BCUT2D eigenvalue weighted by atomic mass is 10.1. The summed E-state index contributed by atoms with van der Waals surface area (Å²) in [5, 5.41) is 2.83. The van der Waals surface area contributed by atoms with Crippen molar-refractivity contribution in [2.24, 2.45) is 5.73 Å². The van der Waals surface area contributed by atoms with Crippen LogP contribution in [-0.4, -0.2) is 32.2 Å². The number of halogens is 1. The van der Waals surface area contributed by atoms with E-state index in [1.807, 2.05) is 32.0 Å². The zero-order valence-electron chi connectivity index (χ0n) is 12.7. The quantitative estimate of drug-likeness (QED) is 0.730. The van der Waals surface area contributed by atoms with Gasteiger partial charge in [0.1, 0.15) is 0 Å². The lowest BCUT2D eigenvalue weighted by Crippen LogP contribution is -2.27. The van der Waals surface area contributed by atoms with Crippen LogP contribution in [0.15, 0.2) is 18.2 Å². The second kappa shape index (κ2) is 11.2.